The first kappa shape index (κ1) is 20.0. The van der Waals surface area contributed by atoms with Crippen LogP contribution in [0.1, 0.15) is 41.1 Å². The van der Waals surface area contributed by atoms with Gasteiger partial charge in [-0.05, 0) is 50.5 Å². The highest BCUT2D eigenvalue weighted by atomic mass is 16.5. The molecule has 3 atom stereocenters. The Labute approximate surface area is 191 Å². The first-order valence-electron chi connectivity index (χ1n) is 11.2. The molecule has 0 spiro atoms. The number of hydrogen-bond donors (Lipinski definition) is 2. The van der Waals surface area contributed by atoms with Gasteiger partial charge in [-0.25, -0.2) is 9.97 Å². The fourth-order valence-electron chi connectivity index (χ4n) is 4.93. The molecular formula is C25H24N6O2. The highest BCUT2D eigenvalue weighted by Crippen LogP contribution is 2.47. The molecule has 0 saturated heterocycles. The summed E-state index contributed by atoms with van der Waals surface area (Å²) in [6.07, 6.45) is 12.9. The second kappa shape index (κ2) is 7.45. The average Bonchev–Trinajstić information content (AvgIpc) is 3.53. The maximum absolute atomic E-state index is 12.5. The summed E-state index contributed by atoms with van der Waals surface area (Å²) in [5.41, 5.74) is 3.23. The first-order chi connectivity index (χ1) is 16.1. The van der Waals surface area contributed by atoms with Gasteiger partial charge in [-0.1, -0.05) is 17.3 Å². The van der Waals surface area contributed by atoms with E-state index in [-0.39, 0.29) is 6.04 Å². The van der Waals surface area contributed by atoms with Gasteiger partial charge >= 0.3 is 0 Å². The van der Waals surface area contributed by atoms with Crippen LogP contribution in [-0.4, -0.2) is 37.1 Å². The average molecular weight is 441 g/mol. The van der Waals surface area contributed by atoms with Gasteiger partial charge in [0.15, 0.2) is 0 Å². The second-order valence-corrected chi connectivity index (χ2v) is 8.91. The number of nitrogens with one attached hydrogen (secondary N) is 1. The third kappa shape index (κ3) is 3.21. The summed E-state index contributed by atoms with van der Waals surface area (Å²) in [6, 6.07) is 5.27. The summed E-state index contributed by atoms with van der Waals surface area (Å²) in [6.45, 7) is 3.83. The van der Waals surface area contributed by atoms with E-state index in [0.717, 1.165) is 47.0 Å². The van der Waals surface area contributed by atoms with Crippen molar-refractivity contribution < 1.29 is 9.63 Å². The Morgan fingerprint density at radius 2 is 1.97 bits per heavy atom. The number of rotatable bonds is 5. The molecule has 1 aliphatic heterocycles. The van der Waals surface area contributed by atoms with Crippen LogP contribution in [0.25, 0.3) is 5.57 Å². The van der Waals surface area contributed by atoms with Crippen molar-refractivity contribution in [1.29, 1.82) is 0 Å². The summed E-state index contributed by atoms with van der Waals surface area (Å²) >= 11 is 0. The van der Waals surface area contributed by atoms with Gasteiger partial charge in [0.05, 0.1) is 11.4 Å². The lowest BCUT2D eigenvalue weighted by molar-refractivity contribution is 0.0256. The van der Waals surface area contributed by atoms with E-state index >= 15 is 0 Å². The Kier molecular flexibility index (Phi) is 4.51. The highest BCUT2D eigenvalue weighted by molar-refractivity contribution is 5.92. The van der Waals surface area contributed by atoms with E-state index in [4.69, 9.17) is 9.52 Å². The summed E-state index contributed by atoms with van der Waals surface area (Å²) in [4.78, 5) is 18.0. The molecule has 3 unspecified atom stereocenters. The van der Waals surface area contributed by atoms with E-state index < -0.39 is 11.5 Å². The molecule has 3 aromatic heterocycles. The fraction of sp³-hybridized carbons (Fsp3) is 0.320. The van der Waals surface area contributed by atoms with E-state index in [1.54, 1.807) is 18.6 Å². The van der Waals surface area contributed by atoms with Crippen LogP contribution < -0.4 is 5.32 Å². The third-order valence-electron chi connectivity index (χ3n) is 6.70. The molecular weight excluding hydrogens is 416 g/mol. The number of amidine groups is 1. The summed E-state index contributed by atoms with van der Waals surface area (Å²) in [7, 11) is 0. The summed E-state index contributed by atoms with van der Waals surface area (Å²) < 4.78 is 5.46. The van der Waals surface area contributed by atoms with Crippen molar-refractivity contribution in [3.05, 3.63) is 89.2 Å². The van der Waals surface area contributed by atoms with Gasteiger partial charge in [-0.3, -0.25) is 9.98 Å². The van der Waals surface area contributed by atoms with Crippen LogP contribution in [0, 0.1) is 25.7 Å². The number of fused-ring (bicyclic) bond motifs is 1. The van der Waals surface area contributed by atoms with E-state index in [0.29, 0.717) is 17.2 Å². The fourth-order valence-corrected chi connectivity index (χ4v) is 4.93. The van der Waals surface area contributed by atoms with Crippen molar-refractivity contribution in [2.24, 2.45) is 16.8 Å². The monoisotopic (exact) mass is 440 g/mol. The maximum atomic E-state index is 12.5. The minimum absolute atomic E-state index is 0.281. The number of aryl methyl sites for hydroxylation is 2. The number of aromatic nitrogens is 4. The van der Waals surface area contributed by atoms with E-state index in [1.165, 1.54) is 6.33 Å². The Balaban J connectivity index is 1.57. The van der Waals surface area contributed by atoms with Gasteiger partial charge in [0.2, 0.25) is 0 Å². The van der Waals surface area contributed by atoms with Gasteiger partial charge in [0.25, 0.3) is 0 Å². The van der Waals surface area contributed by atoms with Crippen LogP contribution in [0.3, 0.4) is 0 Å². The van der Waals surface area contributed by atoms with Crippen molar-refractivity contribution in [1.82, 2.24) is 25.4 Å². The van der Waals surface area contributed by atoms with Crippen LogP contribution in [0.2, 0.25) is 0 Å². The zero-order chi connectivity index (χ0) is 22.6. The molecule has 1 fully saturated rings. The van der Waals surface area contributed by atoms with Crippen molar-refractivity contribution in [2.45, 2.75) is 38.3 Å². The molecule has 8 heteroatoms. The van der Waals surface area contributed by atoms with Gasteiger partial charge in [-0.15, -0.1) is 0 Å². The number of allylic oxidation sites excluding steroid dienone is 2. The number of aliphatic hydroxyl groups is 1. The predicted octanol–water partition coefficient (Wildman–Crippen LogP) is 3.09. The van der Waals surface area contributed by atoms with Crippen LogP contribution >= 0.6 is 0 Å². The molecule has 0 aromatic carbocycles. The number of pyridine rings is 1. The van der Waals surface area contributed by atoms with Crippen molar-refractivity contribution in [2.75, 3.05) is 0 Å². The van der Waals surface area contributed by atoms with Gasteiger partial charge in [-0.2, -0.15) is 0 Å². The first-order valence-corrected chi connectivity index (χ1v) is 11.2. The van der Waals surface area contributed by atoms with Crippen LogP contribution in [0.15, 0.2) is 70.5 Å². The number of nitrogens with zero attached hydrogens (tertiary/aromatic N) is 5. The lowest BCUT2D eigenvalue weighted by Crippen LogP contribution is -2.44. The van der Waals surface area contributed by atoms with Gasteiger partial charge in [0, 0.05) is 47.3 Å². The molecule has 0 bridgehead atoms. The standard InChI is InChI=1S/C25H24N6O2/c1-14-22(15(2)33-31-14)17-9-19(23-20(10-17)29-24(30-23)16-6-7-16)25(32,18-11-26-13-27-12-18)21-5-3-4-8-28-21/h3-5,8-13,16,19,23,32H,6-7H2,1-2H3,(H,29,30). The van der Waals surface area contributed by atoms with Crippen molar-refractivity contribution >= 4 is 11.4 Å². The lowest BCUT2D eigenvalue weighted by atomic mass is 9.71. The molecule has 0 amide bonds. The molecule has 1 saturated carbocycles. The van der Waals surface area contributed by atoms with Crippen molar-refractivity contribution in [3.8, 4) is 0 Å². The molecule has 4 heterocycles. The predicted molar refractivity (Wildman–Crippen MR) is 122 cm³/mol. The number of aliphatic imine (C=N–C) groups is 1. The normalized spacial score (nSPS) is 23.7. The third-order valence-corrected chi connectivity index (χ3v) is 6.70. The lowest BCUT2D eigenvalue weighted by Gasteiger charge is -2.38. The highest BCUT2D eigenvalue weighted by Gasteiger charge is 2.50. The van der Waals surface area contributed by atoms with Crippen LogP contribution in [0.4, 0.5) is 0 Å². The molecule has 166 valence electrons. The molecule has 3 aromatic rings. The van der Waals surface area contributed by atoms with Crippen LogP contribution in [-0.2, 0) is 5.60 Å². The Hall–Kier alpha value is -3.65. The summed E-state index contributed by atoms with van der Waals surface area (Å²) in [5.74, 6) is 1.74. The topological polar surface area (TPSA) is 109 Å². The smallest absolute Gasteiger partial charge is 0.143 e. The molecule has 3 aliphatic rings. The SMILES string of the molecule is Cc1noc(C)c1C1=CC(C(O)(c2cncnc2)c2ccccn2)C2N=C(C3CC3)NC2=C1. The molecule has 33 heavy (non-hydrogen) atoms. The molecule has 2 aliphatic carbocycles. The Bertz CT molecular complexity index is 1230. The van der Waals surface area contributed by atoms with Crippen LogP contribution in [0.5, 0.6) is 0 Å². The zero-order valence-electron chi connectivity index (χ0n) is 18.4. The number of hydrogen-bond acceptors (Lipinski definition) is 8. The largest absolute Gasteiger partial charge is 0.378 e. The zero-order valence-corrected chi connectivity index (χ0v) is 18.4. The van der Waals surface area contributed by atoms with E-state index in [2.05, 4.69) is 37.6 Å². The van der Waals surface area contributed by atoms with Gasteiger partial charge in [0.1, 0.15) is 29.6 Å². The minimum Gasteiger partial charge on any atom is -0.378 e. The molecule has 2 N–H and O–H groups in total. The maximum Gasteiger partial charge on any atom is 0.143 e. The molecule has 6 rings (SSSR count). The summed E-state index contributed by atoms with van der Waals surface area (Å²) in [5, 5.41) is 20.2. The Morgan fingerprint density at radius 1 is 1.15 bits per heavy atom. The Morgan fingerprint density at radius 3 is 2.64 bits per heavy atom. The quantitative estimate of drug-likeness (QED) is 0.627. The van der Waals surface area contributed by atoms with Gasteiger partial charge < -0.3 is 14.9 Å². The molecule has 8 nitrogen and oxygen atoms in total. The van der Waals surface area contributed by atoms with Crippen molar-refractivity contribution in [3.63, 3.8) is 0 Å². The van der Waals surface area contributed by atoms with E-state index in [9.17, 15) is 5.11 Å². The van der Waals surface area contributed by atoms with E-state index in [1.807, 2.05) is 32.0 Å². The molecule has 0 radical (unpaired) electrons. The minimum atomic E-state index is -1.50. The second-order valence-electron chi connectivity index (χ2n) is 8.91.